The van der Waals surface area contributed by atoms with Crippen LogP contribution in [0.1, 0.15) is 39.2 Å². The van der Waals surface area contributed by atoms with Gasteiger partial charge in [0.2, 0.25) is 0 Å². The molecule has 1 saturated heterocycles. The van der Waals surface area contributed by atoms with Gasteiger partial charge in [0.1, 0.15) is 5.82 Å². The van der Waals surface area contributed by atoms with E-state index in [1.807, 2.05) is 0 Å². The molecule has 0 spiro atoms. The number of rotatable bonds is 4. The molecular weight excluding hydrogens is 275 g/mol. The largest absolute Gasteiger partial charge is 0.309 e. The predicted molar refractivity (Wildman–Crippen MR) is 82.6 cm³/mol. The average molecular weight is 299 g/mol. The molecule has 2 nitrogen and oxygen atoms in total. The zero-order valence-corrected chi connectivity index (χ0v) is 13.3. The Morgan fingerprint density at radius 3 is 2.85 bits per heavy atom. The molecule has 112 valence electrons. The highest BCUT2D eigenvalue weighted by Crippen LogP contribution is 2.24. The summed E-state index contributed by atoms with van der Waals surface area (Å²) in [6, 6.07) is 5.21. The molecule has 1 aliphatic heterocycles. The molecule has 20 heavy (non-hydrogen) atoms. The lowest BCUT2D eigenvalue weighted by molar-refractivity contribution is 0.0827. The summed E-state index contributed by atoms with van der Waals surface area (Å²) in [5, 5.41) is 4.12. The van der Waals surface area contributed by atoms with E-state index in [-0.39, 0.29) is 11.4 Å². The van der Waals surface area contributed by atoms with E-state index >= 15 is 0 Å². The molecular formula is C16H24ClFN2. The smallest absolute Gasteiger partial charge is 0.124 e. The minimum Gasteiger partial charge on any atom is -0.309 e. The SMILES string of the molecule is CCCC1CNC(C)(C)CN1Cc1ccc(F)cc1Cl. The van der Waals surface area contributed by atoms with Gasteiger partial charge < -0.3 is 5.32 Å². The van der Waals surface area contributed by atoms with Crippen LogP contribution in [0.3, 0.4) is 0 Å². The van der Waals surface area contributed by atoms with E-state index in [1.165, 1.54) is 25.0 Å². The molecule has 0 radical (unpaired) electrons. The van der Waals surface area contributed by atoms with Crippen LogP contribution in [0.15, 0.2) is 18.2 Å². The zero-order valence-electron chi connectivity index (χ0n) is 12.5. The fourth-order valence-corrected chi connectivity index (χ4v) is 3.11. The maximum absolute atomic E-state index is 13.1. The van der Waals surface area contributed by atoms with Crippen LogP contribution in [0, 0.1) is 5.82 Å². The molecule has 2 rings (SSSR count). The molecule has 1 heterocycles. The third kappa shape index (κ3) is 3.94. The van der Waals surface area contributed by atoms with Gasteiger partial charge in [-0.3, -0.25) is 4.90 Å². The van der Waals surface area contributed by atoms with E-state index in [1.54, 1.807) is 6.07 Å². The molecule has 0 saturated carbocycles. The first-order valence-corrected chi connectivity index (χ1v) is 7.72. The Morgan fingerprint density at radius 2 is 2.20 bits per heavy atom. The lowest BCUT2D eigenvalue weighted by Gasteiger charge is -2.45. The van der Waals surface area contributed by atoms with Crippen LogP contribution in [0.25, 0.3) is 0 Å². The van der Waals surface area contributed by atoms with Crippen molar-refractivity contribution in [2.45, 2.75) is 51.7 Å². The van der Waals surface area contributed by atoms with Gasteiger partial charge in [0, 0.05) is 36.2 Å². The molecule has 1 aromatic carbocycles. The normalized spacial score (nSPS) is 22.9. The monoisotopic (exact) mass is 298 g/mol. The fourth-order valence-electron chi connectivity index (χ4n) is 2.89. The van der Waals surface area contributed by atoms with Gasteiger partial charge in [-0.15, -0.1) is 0 Å². The second-order valence-corrected chi connectivity index (χ2v) is 6.76. The summed E-state index contributed by atoms with van der Waals surface area (Å²) >= 11 is 6.16. The maximum atomic E-state index is 13.1. The average Bonchev–Trinajstić information content (AvgIpc) is 2.36. The van der Waals surface area contributed by atoms with Crippen LogP contribution in [0.4, 0.5) is 4.39 Å². The van der Waals surface area contributed by atoms with Gasteiger partial charge in [-0.25, -0.2) is 4.39 Å². The third-order valence-electron chi connectivity index (χ3n) is 3.94. The van der Waals surface area contributed by atoms with Crippen LogP contribution in [0.5, 0.6) is 0 Å². The molecule has 0 bridgehead atoms. The van der Waals surface area contributed by atoms with Crippen LogP contribution in [0.2, 0.25) is 5.02 Å². The summed E-state index contributed by atoms with van der Waals surface area (Å²) in [4.78, 5) is 2.47. The minimum atomic E-state index is -0.274. The number of nitrogens with one attached hydrogen (secondary N) is 1. The summed E-state index contributed by atoms with van der Waals surface area (Å²) < 4.78 is 13.1. The van der Waals surface area contributed by atoms with E-state index in [4.69, 9.17) is 11.6 Å². The van der Waals surface area contributed by atoms with E-state index in [0.717, 1.165) is 25.2 Å². The Balaban J connectivity index is 2.14. The van der Waals surface area contributed by atoms with E-state index in [0.29, 0.717) is 11.1 Å². The molecule has 1 aliphatic rings. The number of benzene rings is 1. The van der Waals surface area contributed by atoms with Crippen LogP contribution < -0.4 is 5.32 Å². The number of piperazine rings is 1. The first-order valence-electron chi connectivity index (χ1n) is 7.34. The second-order valence-electron chi connectivity index (χ2n) is 6.35. The van der Waals surface area contributed by atoms with Gasteiger partial charge in [0.25, 0.3) is 0 Å². The number of halogens is 2. The van der Waals surface area contributed by atoms with Crippen LogP contribution in [-0.4, -0.2) is 29.6 Å². The summed E-state index contributed by atoms with van der Waals surface area (Å²) in [6.07, 6.45) is 2.34. The Kier molecular flexibility index (Phi) is 5.05. The highest BCUT2D eigenvalue weighted by Gasteiger charge is 2.32. The molecule has 1 fully saturated rings. The van der Waals surface area contributed by atoms with Gasteiger partial charge in [-0.05, 0) is 38.0 Å². The number of hydrogen-bond acceptors (Lipinski definition) is 2. The lowest BCUT2D eigenvalue weighted by Crippen LogP contribution is -2.61. The Bertz CT molecular complexity index is 462. The minimum absolute atomic E-state index is 0.108. The van der Waals surface area contributed by atoms with Crippen LogP contribution in [-0.2, 0) is 6.54 Å². The summed E-state index contributed by atoms with van der Waals surface area (Å²) in [5.74, 6) is -0.274. The third-order valence-corrected chi connectivity index (χ3v) is 4.29. The predicted octanol–water partition coefficient (Wildman–Crippen LogP) is 3.83. The van der Waals surface area contributed by atoms with Crippen LogP contribution >= 0.6 is 11.6 Å². The standard InChI is InChI=1S/C16H24ClFN2/c1-4-5-14-9-19-16(2,3)11-20(14)10-12-6-7-13(18)8-15(12)17/h6-8,14,19H,4-5,9-11H2,1-3H3. The second kappa shape index (κ2) is 6.42. The van der Waals surface area contributed by atoms with Gasteiger partial charge in [0.15, 0.2) is 0 Å². The topological polar surface area (TPSA) is 15.3 Å². The molecule has 1 atom stereocenters. The number of nitrogens with zero attached hydrogens (tertiary/aromatic N) is 1. The van der Waals surface area contributed by atoms with Crippen molar-refractivity contribution in [2.75, 3.05) is 13.1 Å². The first-order chi connectivity index (χ1) is 9.41. The molecule has 0 aromatic heterocycles. The van der Waals surface area contributed by atoms with Crippen molar-refractivity contribution in [3.05, 3.63) is 34.6 Å². The molecule has 1 aromatic rings. The van der Waals surface area contributed by atoms with Crippen molar-refractivity contribution in [3.63, 3.8) is 0 Å². The van der Waals surface area contributed by atoms with Gasteiger partial charge in [0.05, 0.1) is 0 Å². The molecule has 0 amide bonds. The summed E-state index contributed by atoms with van der Waals surface area (Å²) in [5.41, 5.74) is 1.11. The molecule has 1 unspecified atom stereocenters. The zero-order chi connectivity index (χ0) is 14.8. The van der Waals surface area contributed by atoms with E-state index in [2.05, 4.69) is 31.0 Å². The molecule has 4 heteroatoms. The quantitative estimate of drug-likeness (QED) is 0.909. The highest BCUT2D eigenvalue weighted by atomic mass is 35.5. The van der Waals surface area contributed by atoms with E-state index in [9.17, 15) is 4.39 Å². The van der Waals surface area contributed by atoms with Crippen molar-refractivity contribution in [1.82, 2.24) is 10.2 Å². The van der Waals surface area contributed by atoms with Crippen molar-refractivity contribution in [3.8, 4) is 0 Å². The van der Waals surface area contributed by atoms with Crippen molar-refractivity contribution < 1.29 is 4.39 Å². The van der Waals surface area contributed by atoms with Crippen molar-refractivity contribution >= 4 is 11.6 Å². The van der Waals surface area contributed by atoms with Gasteiger partial charge in [-0.1, -0.05) is 31.0 Å². The fraction of sp³-hybridized carbons (Fsp3) is 0.625. The maximum Gasteiger partial charge on any atom is 0.124 e. The van der Waals surface area contributed by atoms with Gasteiger partial charge in [-0.2, -0.15) is 0 Å². The first kappa shape index (κ1) is 15.7. The Labute approximate surface area is 126 Å². The summed E-state index contributed by atoms with van der Waals surface area (Å²) in [6.45, 7) is 9.41. The van der Waals surface area contributed by atoms with Crippen molar-refractivity contribution in [2.24, 2.45) is 0 Å². The summed E-state index contributed by atoms with van der Waals surface area (Å²) in [7, 11) is 0. The Hall–Kier alpha value is -0.640. The lowest BCUT2D eigenvalue weighted by atomic mass is 9.96. The molecule has 0 aliphatic carbocycles. The van der Waals surface area contributed by atoms with Crippen molar-refractivity contribution in [1.29, 1.82) is 0 Å². The number of hydrogen-bond donors (Lipinski definition) is 1. The van der Waals surface area contributed by atoms with Gasteiger partial charge >= 0.3 is 0 Å². The highest BCUT2D eigenvalue weighted by molar-refractivity contribution is 6.31. The van der Waals surface area contributed by atoms with E-state index < -0.39 is 0 Å². The molecule has 1 N–H and O–H groups in total. The Morgan fingerprint density at radius 1 is 1.45 bits per heavy atom.